The summed E-state index contributed by atoms with van der Waals surface area (Å²) in [5.41, 5.74) is 5.76. The van der Waals surface area contributed by atoms with Crippen LogP contribution in [0.15, 0.2) is 24.3 Å². The van der Waals surface area contributed by atoms with E-state index in [-0.39, 0.29) is 36.9 Å². The zero-order valence-electron chi connectivity index (χ0n) is 17.7. The summed E-state index contributed by atoms with van der Waals surface area (Å²) in [4.78, 5) is 37.9. The van der Waals surface area contributed by atoms with Gasteiger partial charge in [-0.15, -0.1) is 0 Å². The van der Waals surface area contributed by atoms with Gasteiger partial charge in [-0.3, -0.25) is 15.0 Å². The van der Waals surface area contributed by atoms with Crippen LogP contribution in [-0.4, -0.2) is 66.5 Å². The minimum atomic E-state index is -0.546. The normalized spacial score (nSPS) is 14.8. The van der Waals surface area contributed by atoms with Crippen molar-refractivity contribution in [3.63, 3.8) is 0 Å². The van der Waals surface area contributed by atoms with Crippen molar-refractivity contribution in [2.45, 2.75) is 45.3 Å². The molecule has 1 fully saturated rings. The molecule has 1 heterocycles. The van der Waals surface area contributed by atoms with Crippen molar-refractivity contribution < 1.29 is 23.9 Å². The molecule has 164 valence electrons. The first kappa shape index (κ1) is 23.3. The first-order valence-corrected chi connectivity index (χ1v) is 9.89. The van der Waals surface area contributed by atoms with E-state index in [1.54, 1.807) is 49.9 Å². The van der Waals surface area contributed by atoms with E-state index in [4.69, 9.17) is 20.6 Å². The van der Waals surface area contributed by atoms with E-state index in [2.05, 4.69) is 5.32 Å². The molecule has 9 nitrogen and oxygen atoms in total. The Morgan fingerprint density at radius 1 is 1.13 bits per heavy atom. The van der Waals surface area contributed by atoms with Gasteiger partial charge in [0.25, 0.3) is 5.91 Å². The number of carbonyl (C=O) groups excluding carboxylic acids is 3. The molecule has 9 heteroatoms. The number of likely N-dealkylation sites (tertiary alicyclic amines) is 1. The van der Waals surface area contributed by atoms with Gasteiger partial charge in [-0.1, -0.05) is 12.1 Å². The number of nitrogens with one attached hydrogen (secondary N) is 2. The van der Waals surface area contributed by atoms with Gasteiger partial charge in [0, 0.05) is 24.2 Å². The fourth-order valence-electron chi connectivity index (χ4n) is 3.00. The summed E-state index contributed by atoms with van der Waals surface area (Å²) in [7, 11) is 0. The number of rotatable bonds is 7. The average Bonchev–Trinajstić information content (AvgIpc) is 2.69. The number of amides is 2. The van der Waals surface area contributed by atoms with Crippen molar-refractivity contribution in [2.75, 3.05) is 26.2 Å². The first-order chi connectivity index (χ1) is 14.0. The molecule has 30 heavy (non-hydrogen) atoms. The lowest BCUT2D eigenvalue weighted by molar-refractivity contribution is -0.163. The van der Waals surface area contributed by atoms with Crippen LogP contribution < -0.4 is 11.1 Å². The van der Waals surface area contributed by atoms with Gasteiger partial charge >= 0.3 is 5.97 Å². The second-order valence-corrected chi connectivity index (χ2v) is 8.15. The minimum absolute atomic E-state index is 0.0735. The highest BCUT2D eigenvalue weighted by Gasteiger charge is 2.25. The molecular weight excluding hydrogens is 388 g/mol. The molecule has 0 aromatic heterocycles. The molecule has 0 saturated carbocycles. The summed E-state index contributed by atoms with van der Waals surface area (Å²) < 4.78 is 10.8. The largest absolute Gasteiger partial charge is 0.458 e. The monoisotopic (exact) mass is 418 g/mol. The van der Waals surface area contributed by atoms with Crippen molar-refractivity contribution in [3.05, 3.63) is 35.4 Å². The van der Waals surface area contributed by atoms with E-state index < -0.39 is 11.6 Å². The van der Waals surface area contributed by atoms with Gasteiger partial charge in [-0.05, 0) is 45.7 Å². The quantitative estimate of drug-likeness (QED) is 0.344. The average molecular weight is 418 g/mol. The van der Waals surface area contributed by atoms with Crippen LogP contribution in [0.25, 0.3) is 0 Å². The van der Waals surface area contributed by atoms with Gasteiger partial charge in [0.2, 0.25) is 5.91 Å². The highest BCUT2D eigenvalue weighted by molar-refractivity contribution is 5.99. The maximum Gasteiger partial charge on any atom is 0.332 e. The number of carbonyl (C=O) groups is 3. The Kier molecular flexibility index (Phi) is 7.93. The van der Waals surface area contributed by atoms with Gasteiger partial charge in [0.15, 0.2) is 0 Å². The number of nitrogens with two attached hydrogens (primary N) is 1. The fraction of sp³-hybridized carbons (Fsp3) is 0.524. The highest BCUT2D eigenvalue weighted by Crippen LogP contribution is 2.15. The summed E-state index contributed by atoms with van der Waals surface area (Å²) in [5.74, 6) is -1.01. The van der Waals surface area contributed by atoms with E-state index in [0.717, 1.165) is 0 Å². The van der Waals surface area contributed by atoms with Crippen LogP contribution in [-0.2, 0) is 19.1 Å². The second-order valence-electron chi connectivity index (χ2n) is 8.15. The molecule has 0 aliphatic carbocycles. The maximum atomic E-state index is 12.4. The first-order valence-electron chi connectivity index (χ1n) is 9.89. The van der Waals surface area contributed by atoms with Crippen LogP contribution in [0.3, 0.4) is 0 Å². The number of amidine groups is 1. The third-order valence-corrected chi connectivity index (χ3v) is 4.51. The molecule has 0 bridgehead atoms. The summed E-state index contributed by atoms with van der Waals surface area (Å²) in [6.45, 7) is 6.20. The summed E-state index contributed by atoms with van der Waals surface area (Å²) >= 11 is 0. The Hall–Kier alpha value is -2.94. The Morgan fingerprint density at radius 2 is 1.70 bits per heavy atom. The van der Waals surface area contributed by atoms with E-state index in [0.29, 0.717) is 37.1 Å². The van der Waals surface area contributed by atoms with Crippen LogP contribution >= 0.6 is 0 Å². The van der Waals surface area contributed by atoms with Crippen molar-refractivity contribution in [1.29, 1.82) is 5.41 Å². The molecule has 0 atom stereocenters. The van der Waals surface area contributed by atoms with Gasteiger partial charge in [-0.2, -0.15) is 0 Å². The van der Waals surface area contributed by atoms with Crippen LogP contribution in [0.5, 0.6) is 0 Å². The lowest BCUT2D eigenvalue weighted by Gasteiger charge is -2.32. The zero-order chi connectivity index (χ0) is 22.3. The molecular formula is C21H30N4O5. The van der Waals surface area contributed by atoms with Crippen LogP contribution in [0.1, 0.15) is 49.5 Å². The third-order valence-electron chi connectivity index (χ3n) is 4.51. The smallest absolute Gasteiger partial charge is 0.332 e. The molecule has 1 aromatic carbocycles. The van der Waals surface area contributed by atoms with E-state index >= 15 is 0 Å². The number of hydrogen-bond donors (Lipinski definition) is 3. The van der Waals surface area contributed by atoms with Crippen molar-refractivity contribution in [1.82, 2.24) is 10.2 Å². The van der Waals surface area contributed by atoms with E-state index in [9.17, 15) is 14.4 Å². The molecule has 2 amide bonds. The molecule has 4 N–H and O–H groups in total. The lowest BCUT2D eigenvalue weighted by atomic mass is 10.1. The molecule has 0 unspecified atom stereocenters. The third kappa shape index (κ3) is 7.47. The van der Waals surface area contributed by atoms with Gasteiger partial charge in [0.1, 0.15) is 18.0 Å². The Bertz CT molecular complexity index is 778. The highest BCUT2D eigenvalue weighted by atomic mass is 16.6. The lowest BCUT2D eigenvalue weighted by Crippen LogP contribution is -2.45. The summed E-state index contributed by atoms with van der Waals surface area (Å²) in [5, 5.41) is 9.97. The standard InChI is InChI=1S/C21H30N4O5/c1-21(2,3)30-18(27)13-29-16-8-10-25(11-9-16)17(26)12-24-20(28)15-6-4-14(5-7-15)19(22)23/h4-7,16H,8-13H2,1-3H3,(H3,22,23)(H,24,28). The van der Waals surface area contributed by atoms with Crippen molar-refractivity contribution in [3.8, 4) is 0 Å². The number of benzene rings is 1. The summed E-state index contributed by atoms with van der Waals surface area (Å²) in [6.07, 6.45) is 1.14. The van der Waals surface area contributed by atoms with Gasteiger partial charge < -0.3 is 25.4 Å². The van der Waals surface area contributed by atoms with E-state index in [1.807, 2.05) is 0 Å². The molecule has 1 aliphatic rings. The van der Waals surface area contributed by atoms with Crippen molar-refractivity contribution >= 4 is 23.6 Å². The van der Waals surface area contributed by atoms with Gasteiger partial charge in [0.05, 0.1) is 12.6 Å². The van der Waals surface area contributed by atoms with E-state index in [1.165, 1.54) is 0 Å². The molecule has 0 spiro atoms. The minimum Gasteiger partial charge on any atom is -0.458 e. The molecule has 0 radical (unpaired) electrons. The predicted octanol–water partition coefficient (Wildman–Crippen LogP) is 1.05. The maximum absolute atomic E-state index is 12.4. The van der Waals surface area contributed by atoms with Crippen LogP contribution in [0.2, 0.25) is 0 Å². The number of esters is 1. The second kappa shape index (κ2) is 10.2. The SMILES string of the molecule is CC(C)(C)OC(=O)COC1CCN(C(=O)CNC(=O)c2ccc(C(=N)N)cc2)CC1. The zero-order valence-corrected chi connectivity index (χ0v) is 17.7. The molecule has 1 saturated heterocycles. The van der Waals surface area contributed by atoms with Crippen molar-refractivity contribution in [2.24, 2.45) is 5.73 Å². The number of nitrogens with zero attached hydrogens (tertiary/aromatic N) is 1. The topological polar surface area (TPSA) is 135 Å². The Labute approximate surface area is 176 Å². The number of ether oxygens (including phenoxy) is 2. The Morgan fingerprint density at radius 3 is 2.23 bits per heavy atom. The molecule has 1 aromatic rings. The number of piperidine rings is 1. The van der Waals surface area contributed by atoms with Crippen LogP contribution in [0.4, 0.5) is 0 Å². The van der Waals surface area contributed by atoms with Crippen LogP contribution in [0, 0.1) is 5.41 Å². The number of nitrogen functional groups attached to an aromatic ring is 1. The molecule has 2 rings (SSSR count). The fourth-order valence-corrected chi connectivity index (χ4v) is 3.00. The predicted molar refractivity (Wildman–Crippen MR) is 111 cm³/mol. The molecule has 1 aliphatic heterocycles. The Balaban J connectivity index is 1.70. The van der Waals surface area contributed by atoms with Gasteiger partial charge in [-0.25, -0.2) is 4.79 Å². The summed E-state index contributed by atoms with van der Waals surface area (Å²) in [6, 6.07) is 6.29. The number of hydrogen-bond acceptors (Lipinski definition) is 6.